The number of carbonyl (C=O) groups excluding carboxylic acids is 2. The molecule has 6 nitrogen and oxygen atoms in total. The number of halogens is 1. The van der Waals surface area contributed by atoms with Crippen LogP contribution < -0.4 is 10.9 Å². The van der Waals surface area contributed by atoms with Crippen molar-refractivity contribution in [3.8, 4) is 5.75 Å². The zero-order valence-corrected chi connectivity index (χ0v) is 15.4. The van der Waals surface area contributed by atoms with E-state index in [1.807, 2.05) is 17.0 Å². The molecule has 1 aliphatic rings. The minimum absolute atomic E-state index is 0.195. The van der Waals surface area contributed by atoms with Gasteiger partial charge in [0.25, 0.3) is 11.8 Å². The number of hydrazine groups is 1. The predicted octanol–water partition coefficient (Wildman–Crippen LogP) is 2.60. The van der Waals surface area contributed by atoms with E-state index in [2.05, 4.69) is 16.9 Å². The lowest BCUT2D eigenvalue weighted by atomic mass is 9.99. The number of amides is 2. The standard InChI is InChI=1S/C20H20ClN3O3/c21-17-5-1-16(2-6-17)20(27)23-22-19(26)13-24-11-9-15(10-12-24)14-3-7-18(25)8-4-14/h1-9,25H,10-13H2,(H,22,26)(H,23,27). The summed E-state index contributed by atoms with van der Waals surface area (Å²) in [6, 6.07) is 13.5. The van der Waals surface area contributed by atoms with E-state index in [-0.39, 0.29) is 18.2 Å². The van der Waals surface area contributed by atoms with Crippen LogP contribution in [-0.4, -0.2) is 41.5 Å². The quantitative estimate of drug-likeness (QED) is 0.706. The van der Waals surface area contributed by atoms with Crippen molar-refractivity contribution in [3.63, 3.8) is 0 Å². The van der Waals surface area contributed by atoms with E-state index in [0.717, 1.165) is 18.5 Å². The van der Waals surface area contributed by atoms with Gasteiger partial charge in [-0.1, -0.05) is 29.8 Å². The van der Waals surface area contributed by atoms with Crippen molar-refractivity contribution in [2.45, 2.75) is 6.42 Å². The molecular formula is C20H20ClN3O3. The Morgan fingerprint density at radius 3 is 2.37 bits per heavy atom. The van der Waals surface area contributed by atoms with Crippen molar-refractivity contribution in [2.75, 3.05) is 19.6 Å². The number of phenolic OH excluding ortho intramolecular Hbond substituents is 1. The molecule has 3 rings (SSSR count). The lowest BCUT2D eigenvalue weighted by Gasteiger charge is -2.25. The molecule has 2 aromatic carbocycles. The third-order valence-electron chi connectivity index (χ3n) is 4.32. The summed E-state index contributed by atoms with van der Waals surface area (Å²) in [5.41, 5.74) is 7.52. The van der Waals surface area contributed by atoms with Crippen LogP contribution in [0.15, 0.2) is 54.6 Å². The van der Waals surface area contributed by atoms with E-state index in [9.17, 15) is 14.7 Å². The summed E-state index contributed by atoms with van der Waals surface area (Å²) in [6.07, 6.45) is 2.89. The van der Waals surface area contributed by atoms with Gasteiger partial charge in [-0.3, -0.25) is 25.3 Å². The van der Waals surface area contributed by atoms with Crippen LogP contribution >= 0.6 is 11.6 Å². The first-order valence-corrected chi connectivity index (χ1v) is 8.94. The fraction of sp³-hybridized carbons (Fsp3) is 0.200. The number of carbonyl (C=O) groups is 2. The first-order chi connectivity index (χ1) is 13.0. The van der Waals surface area contributed by atoms with Gasteiger partial charge < -0.3 is 5.11 Å². The molecule has 0 atom stereocenters. The van der Waals surface area contributed by atoms with Gasteiger partial charge in [-0.2, -0.15) is 0 Å². The Hall–Kier alpha value is -2.83. The number of rotatable bonds is 4. The molecule has 1 aliphatic heterocycles. The lowest BCUT2D eigenvalue weighted by molar-refractivity contribution is -0.122. The van der Waals surface area contributed by atoms with Crippen LogP contribution in [0.3, 0.4) is 0 Å². The number of hydrogen-bond donors (Lipinski definition) is 3. The lowest BCUT2D eigenvalue weighted by Crippen LogP contribution is -2.47. The zero-order valence-electron chi connectivity index (χ0n) is 14.6. The van der Waals surface area contributed by atoms with Gasteiger partial charge in [0, 0.05) is 23.7 Å². The summed E-state index contributed by atoms with van der Waals surface area (Å²) in [6.45, 7) is 1.58. The Balaban J connectivity index is 1.45. The van der Waals surface area contributed by atoms with Crippen LogP contribution in [-0.2, 0) is 4.79 Å². The SMILES string of the molecule is O=C(CN1CC=C(c2ccc(O)cc2)CC1)NNC(=O)c1ccc(Cl)cc1. The Bertz CT molecular complexity index is 848. The van der Waals surface area contributed by atoms with E-state index in [4.69, 9.17) is 11.6 Å². The molecule has 7 heteroatoms. The molecule has 0 saturated carbocycles. The molecule has 27 heavy (non-hydrogen) atoms. The molecule has 1 heterocycles. The van der Waals surface area contributed by atoms with Crippen LogP contribution in [0.25, 0.3) is 5.57 Å². The van der Waals surface area contributed by atoms with Crippen molar-refractivity contribution in [1.82, 2.24) is 15.8 Å². The van der Waals surface area contributed by atoms with E-state index in [1.165, 1.54) is 5.57 Å². The first kappa shape index (κ1) is 18.9. The van der Waals surface area contributed by atoms with Gasteiger partial charge in [-0.15, -0.1) is 0 Å². The minimum atomic E-state index is -0.395. The molecule has 0 aliphatic carbocycles. The van der Waals surface area contributed by atoms with Crippen LogP contribution in [0.1, 0.15) is 22.3 Å². The van der Waals surface area contributed by atoms with Crippen molar-refractivity contribution in [2.24, 2.45) is 0 Å². The van der Waals surface area contributed by atoms with Gasteiger partial charge in [-0.05, 0) is 54.0 Å². The van der Waals surface area contributed by atoms with Crippen LogP contribution in [0.5, 0.6) is 5.75 Å². The summed E-state index contributed by atoms with van der Waals surface area (Å²) in [5, 5.41) is 9.90. The van der Waals surface area contributed by atoms with E-state index in [1.54, 1.807) is 36.4 Å². The maximum atomic E-state index is 12.1. The summed E-state index contributed by atoms with van der Waals surface area (Å²) in [5.74, 6) is -0.430. The Morgan fingerprint density at radius 1 is 1.04 bits per heavy atom. The highest BCUT2D eigenvalue weighted by Crippen LogP contribution is 2.23. The van der Waals surface area contributed by atoms with Gasteiger partial charge in [0.05, 0.1) is 6.54 Å². The third-order valence-corrected chi connectivity index (χ3v) is 4.57. The number of nitrogens with one attached hydrogen (secondary N) is 2. The zero-order chi connectivity index (χ0) is 19.2. The molecule has 0 fully saturated rings. The van der Waals surface area contributed by atoms with Gasteiger partial charge in [-0.25, -0.2) is 0 Å². The second kappa shape index (κ2) is 8.70. The van der Waals surface area contributed by atoms with Gasteiger partial charge >= 0.3 is 0 Å². The third kappa shape index (κ3) is 5.32. The molecule has 0 bridgehead atoms. The smallest absolute Gasteiger partial charge is 0.269 e. The highest BCUT2D eigenvalue weighted by Gasteiger charge is 2.16. The number of phenols is 1. The highest BCUT2D eigenvalue weighted by atomic mass is 35.5. The molecule has 0 spiro atoms. The first-order valence-electron chi connectivity index (χ1n) is 8.57. The normalized spacial score (nSPS) is 14.3. The number of benzene rings is 2. The molecule has 0 unspecified atom stereocenters. The molecule has 0 aromatic heterocycles. The summed E-state index contributed by atoms with van der Waals surface area (Å²) >= 11 is 5.79. The van der Waals surface area contributed by atoms with Gasteiger partial charge in [0.15, 0.2) is 0 Å². The van der Waals surface area contributed by atoms with Crippen molar-refractivity contribution < 1.29 is 14.7 Å². The molecular weight excluding hydrogens is 366 g/mol. The van der Waals surface area contributed by atoms with Gasteiger partial charge in [0.1, 0.15) is 5.75 Å². The molecule has 2 amide bonds. The summed E-state index contributed by atoms with van der Waals surface area (Å²) < 4.78 is 0. The Morgan fingerprint density at radius 2 is 1.74 bits per heavy atom. The highest BCUT2D eigenvalue weighted by molar-refractivity contribution is 6.30. The van der Waals surface area contributed by atoms with Crippen molar-refractivity contribution in [3.05, 3.63) is 70.8 Å². The van der Waals surface area contributed by atoms with E-state index >= 15 is 0 Å². The van der Waals surface area contributed by atoms with Crippen LogP contribution in [0, 0.1) is 0 Å². The second-order valence-electron chi connectivity index (χ2n) is 6.27. The van der Waals surface area contributed by atoms with Crippen molar-refractivity contribution >= 4 is 29.0 Å². The van der Waals surface area contributed by atoms with Gasteiger partial charge in [0.2, 0.25) is 0 Å². The molecule has 0 radical (unpaired) electrons. The van der Waals surface area contributed by atoms with E-state index in [0.29, 0.717) is 17.1 Å². The molecule has 0 saturated heterocycles. The average molecular weight is 386 g/mol. The minimum Gasteiger partial charge on any atom is -0.508 e. The topological polar surface area (TPSA) is 81.7 Å². The van der Waals surface area contributed by atoms with E-state index < -0.39 is 5.91 Å². The maximum absolute atomic E-state index is 12.1. The number of hydrogen-bond acceptors (Lipinski definition) is 4. The van der Waals surface area contributed by atoms with Crippen LogP contribution in [0.2, 0.25) is 5.02 Å². The molecule has 3 N–H and O–H groups in total. The fourth-order valence-electron chi connectivity index (χ4n) is 2.84. The Labute approximate surface area is 162 Å². The average Bonchev–Trinajstić information content (AvgIpc) is 2.68. The molecule has 2 aromatic rings. The summed E-state index contributed by atoms with van der Waals surface area (Å²) in [7, 11) is 0. The van der Waals surface area contributed by atoms with Crippen molar-refractivity contribution in [1.29, 1.82) is 0 Å². The number of nitrogens with zero attached hydrogens (tertiary/aromatic N) is 1. The predicted molar refractivity (Wildman–Crippen MR) is 104 cm³/mol. The molecule has 140 valence electrons. The maximum Gasteiger partial charge on any atom is 0.269 e. The Kier molecular flexibility index (Phi) is 6.11. The number of aromatic hydroxyl groups is 1. The summed E-state index contributed by atoms with van der Waals surface area (Å²) in [4.78, 5) is 26.0. The second-order valence-corrected chi connectivity index (χ2v) is 6.71. The monoisotopic (exact) mass is 385 g/mol. The van der Waals surface area contributed by atoms with Crippen LogP contribution in [0.4, 0.5) is 0 Å². The fourth-order valence-corrected chi connectivity index (χ4v) is 2.96. The largest absolute Gasteiger partial charge is 0.508 e.